The fraction of sp³-hybridized carbons (Fsp3) is 0.393. The Morgan fingerprint density at radius 1 is 1.06 bits per heavy atom. The summed E-state index contributed by atoms with van der Waals surface area (Å²) in [5.74, 6) is -0.601. The summed E-state index contributed by atoms with van der Waals surface area (Å²) in [6.45, 7) is 11.4. The average Bonchev–Trinajstić information content (AvgIpc) is 2.84. The minimum atomic E-state index is -0.468. The van der Waals surface area contributed by atoms with Crippen LogP contribution in [-0.2, 0) is 19.7 Å². The van der Waals surface area contributed by atoms with E-state index >= 15 is 0 Å². The minimum absolute atomic E-state index is 0.0241. The molecule has 1 atom stereocenters. The zero-order valence-corrected chi connectivity index (χ0v) is 22.6. The molecule has 2 aromatic carbocycles. The lowest BCUT2D eigenvalue weighted by Crippen LogP contribution is -2.47. The van der Waals surface area contributed by atoms with Crippen LogP contribution in [0.1, 0.15) is 62.1 Å². The molecule has 0 spiro atoms. The van der Waals surface area contributed by atoms with Crippen LogP contribution in [0.25, 0.3) is 0 Å². The number of amides is 1. The van der Waals surface area contributed by atoms with Crippen LogP contribution in [0.5, 0.6) is 0 Å². The van der Waals surface area contributed by atoms with E-state index in [4.69, 9.17) is 21.7 Å². The molecule has 7 nitrogen and oxygen atoms in total. The molecular formula is C28H35N3O4S. The molecule has 1 unspecified atom stereocenters. The lowest BCUT2D eigenvalue weighted by molar-refractivity contribution is -0.140. The van der Waals surface area contributed by atoms with Crippen LogP contribution in [0.3, 0.4) is 0 Å². The van der Waals surface area contributed by atoms with Crippen molar-refractivity contribution in [2.75, 3.05) is 32.2 Å². The number of benzene rings is 2. The Morgan fingerprint density at radius 3 is 2.25 bits per heavy atom. The lowest BCUT2D eigenvalue weighted by atomic mass is 9.87. The average molecular weight is 510 g/mol. The topological polar surface area (TPSA) is 79.9 Å². The SMILES string of the molecule is CCN1C(=S)NC(c2ccc(NC(=O)c3ccc(C(C)(C)C)cc3)cc2)C(C(=O)OCCOC)=C1C. The van der Waals surface area contributed by atoms with Crippen molar-refractivity contribution in [2.24, 2.45) is 0 Å². The molecule has 1 amide bonds. The van der Waals surface area contributed by atoms with Crippen molar-refractivity contribution in [1.82, 2.24) is 10.2 Å². The molecule has 0 saturated carbocycles. The first-order valence-electron chi connectivity index (χ1n) is 12.0. The predicted molar refractivity (Wildman–Crippen MR) is 146 cm³/mol. The van der Waals surface area contributed by atoms with Gasteiger partial charge in [-0.2, -0.15) is 0 Å². The third kappa shape index (κ3) is 6.30. The largest absolute Gasteiger partial charge is 0.460 e. The Kier molecular flexibility index (Phi) is 8.87. The van der Waals surface area contributed by atoms with Crippen molar-refractivity contribution in [3.63, 3.8) is 0 Å². The molecule has 0 fully saturated rings. The molecular weight excluding hydrogens is 474 g/mol. The molecule has 192 valence electrons. The van der Waals surface area contributed by atoms with Gasteiger partial charge in [-0.3, -0.25) is 4.79 Å². The molecule has 1 aliphatic rings. The number of carbonyl (C=O) groups is 2. The summed E-state index contributed by atoms with van der Waals surface area (Å²) in [5.41, 5.74) is 4.52. The number of methoxy groups -OCH3 is 1. The van der Waals surface area contributed by atoms with Gasteiger partial charge in [0.1, 0.15) is 6.61 Å². The number of esters is 1. The van der Waals surface area contributed by atoms with E-state index in [2.05, 4.69) is 31.4 Å². The summed E-state index contributed by atoms with van der Waals surface area (Å²) in [6, 6.07) is 14.6. The minimum Gasteiger partial charge on any atom is -0.460 e. The van der Waals surface area contributed by atoms with Gasteiger partial charge in [0.05, 0.1) is 18.2 Å². The van der Waals surface area contributed by atoms with Gasteiger partial charge in [0.25, 0.3) is 5.91 Å². The number of rotatable bonds is 8. The smallest absolute Gasteiger partial charge is 0.338 e. The van der Waals surface area contributed by atoms with Crippen LogP contribution in [0.4, 0.5) is 5.69 Å². The number of anilines is 1. The second kappa shape index (κ2) is 11.7. The second-order valence-electron chi connectivity index (χ2n) is 9.66. The van der Waals surface area contributed by atoms with Crippen LogP contribution < -0.4 is 10.6 Å². The summed E-state index contributed by atoms with van der Waals surface area (Å²) in [6.07, 6.45) is 0. The highest BCUT2D eigenvalue weighted by Gasteiger charge is 2.34. The Bertz CT molecular complexity index is 1130. The van der Waals surface area contributed by atoms with Crippen LogP contribution in [0.15, 0.2) is 59.8 Å². The third-order valence-electron chi connectivity index (χ3n) is 6.17. The second-order valence-corrected chi connectivity index (χ2v) is 10.0. The maximum Gasteiger partial charge on any atom is 0.338 e. The maximum absolute atomic E-state index is 13.0. The Balaban J connectivity index is 1.79. The van der Waals surface area contributed by atoms with Crippen molar-refractivity contribution < 1.29 is 19.1 Å². The zero-order chi connectivity index (χ0) is 26.5. The van der Waals surface area contributed by atoms with Crippen LogP contribution >= 0.6 is 12.2 Å². The monoisotopic (exact) mass is 509 g/mol. The molecule has 2 aromatic rings. The maximum atomic E-state index is 13.0. The van der Waals surface area contributed by atoms with Gasteiger partial charge >= 0.3 is 5.97 Å². The number of nitrogens with zero attached hydrogens (tertiary/aromatic N) is 1. The highest BCUT2D eigenvalue weighted by Crippen LogP contribution is 2.32. The summed E-state index contributed by atoms with van der Waals surface area (Å²) < 4.78 is 10.4. The predicted octanol–water partition coefficient (Wildman–Crippen LogP) is 4.95. The van der Waals surface area contributed by atoms with E-state index in [9.17, 15) is 9.59 Å². The van der Waals surface area contributed by atoms with E-state index < -0.39 is 12.0 Å². The number of nitrogens with one attached hydrogen (secondary N) is 2. The summed E-state index contributed by atoms with van der Waals surface area (Å²) in [5, 5.41) is 6.75. The van der Waals surface area contributed by atoms with E-state index in [0.717, 1.165) is 11.3 Å². The molecule has 0 aromatic heterocycles. The van der Waals surface area contributed by atoms with Gasteiger partial charge < -0.3 is 25.0 Å². The van der Waals surface area contributed by atoms with Gasteiger partial charge in [-0.05, 0) is 66.9 Å². The van der Waals surface area contributed by atoms with Gasteiger partial charge in [-0.15, -0.1) is 0 Å². The third-order valence-corrected chi connectivity index (χ3v) is 6.51. The van der Waals surface area contributed by atoms with E-state index in [-0.39, 0.29) is 17.9 Å². The van der Waals surface area contributed by atoms with Gasteiger partial charge in [0.2, 0.25) is 0 Å². The van der Waals surface area contributed by atoms with Crippen LogP contribution in [0, 0.1) is 0 Å². The molecule has 0 aliphatic carbocycles. The van der Waals surface area contributed by atoms with Crippen molar-refractivity contribution >= 4 is 34.9 Å². The highest BCUT2D eigenvalue weighted by molar-refractivity contribution is 7.80. The van der Waals surface area contributed by atoms with Gasteiger partial charge in [-0.1, -0.05) is 45.0 Å². The van der Waals surface area contributed by atoms with Crippen molar-refractivity contribution in [3.05, 3.63) is 76.5 Å². The van der Waals surface area contributed by atoms with Crippen LogP contribution in [-0.4, -0.2) is 48.8 Å². The molecule has 1 aliphatic heterocycles. The molecule has 8 heteroatoms. The fourth-order valence-corrected chi connectivity index (χ4v) is 4.44. The molecule has 0 radical (unpaired) electrons. The first-order valence-corrected chi connectivity index (χ1v) is 12.4. The Hall–Kier alpha value is -3.23. The first-order chi connectivity index (χ1) is 17.1. The van der Waals surface area contributed by atoms with E-state index in [1.807, 2.05) is 67.3 Å². The van der Waals surface area contributed by atoms with E-state index in [1.54, 1.807) is 7.11 Å². The van der Waals surface area contributed by atoms with E-state index in [1.165, 1.54) is 5.56 Å². The molecule has 3 rings (SSSR count). The normalized spacial score (nSPS) is 16.0. The van der Waals surface area contributed by atoms with Gasteiger partial charge in [-0.25, -0.2) is 4.79 Å². The summed E-state index contributed by atoms with van der Waals surface area (Å²) in [4.78, 5) is 27.6. The van der Waals surface area contributed by atoms with Gasteiger partial charge in [0.15, 0.2) is 5.11 Å². The molecule has 1 heterocycles. The van der Waals surface area contributed by atoms with Crippen LogP contribution in [0.2, 0.25) is 0 Å². The van der Waals surface area contributed by atoms with Gasteiger partial charge in [0, 0.05) is 30.6 Å². The number of ether oxygens (including phenoxy) is 2. The number of carbonyl (C=O) groups excluding carboxylic acids is 2. The molecule has 36 heavy (non-hydrogen) atoms. The molecule has 2 N–H and O–H groups in total. The molecule has 0 saturated heterocycles. The number of thiocarbonyl (C=S) groups is 1. The highest BCUT2D eigenvalue weighted by atomic mass is 32.1. The lowest BCUT2D eigenvalue weighted by Gasteiger charge is -2.37. The van der Waals surface area contributed by atoms with Crippen molar-refractivity contribution in [2.45, 2.75) is 46.1 Å². The standard InChI is InChI=1S/C28H35N3O4S/c1-7-31-18(2)23(26(33)35-17-16-34-6)24(30-27(31)36)19-10-14-22(15-11-19)29-25(32)20-8-12-21(13-9-20)28(3,4)5/h8-15,24H,7,16-17H2,1-6H3,(H,29,32)(H,30,36). The number of hydrogen-bond acceptors (Lipinski definition) is 5. The zero-order valence-electron chi connectivity index (χ0n) is 21.8. The quantitative estimate of drug-likeness (QED) is 0.296. The number of hydrogen-bond donors (Lipinski definition) is 2. The number of allylic oxidation sites excluding steroid dienone is 1. The Morgan fingerprint density at radius 2 is 1.69 bits per heavy atom. The van der Waals surface area contributed by atoms with E-state index in [0.29, 0.717) is 35.1 Å². The van der Waals surface area contributed by atoms with Crippen molar-refractivity contribution in [1.29, 1.82) is 0 Å². The summed E-state index contributed by atoms with van der Waals surface area (Å²) in [7, 11) is 1.56. The van der Waals surface area contributed by atoms with Crippen molar-refractivity contribution in [3.8, 4) is 0 Å². The molecule has 0 bridgehead atoms. The summed E-state index contributed by atoms with van der Waals surface area (Å²) >= 11 is 5.55. The first kappa shape index (κ1) is 27.4. The Labute approximate surface area is 218 Å². The fourth-order valence-electron chi connectivity index (χ4n) is 4.06.